The lowest BCUT2D eigenvalue weighted by molar-refractivity contribution is -0.137. The van der Waals surface area contributed by atoms with E-state index in [1.54, 1.807) is 13.8 Å². The third kappa shape index (κ3) is 5.51. The summed E-state index contributed by atoms with van der Waals surface area (Å²) in [6, 6.07) is 7.57. The van der Waals surface area contributed by atoms with Crippen LogP contribution < -0.4 is 10.2 Å². The number of carbonyl (C=O) groups is 3. The van der Waals surface area contributed by atoms with Gasteiger partial charge in [-0.1, -0.05) is 11.8 Å². The van der Waals surface area contributed by atoms with Crippen LogP contribution in [0.2, 0.25) is 0 Å². The first-order valence-corrected chi connectivity index (χ1v) is 10.4. The molecule has 156 valence electrons. The second-order valence-corrected chi connectivity index (χ2v) is 7.97. The second kappa shape index (κ2) is 9.80. The molecule has 1 N–H and O–H groups in total. The highest BCUT2D eigenvalue weighted by molar-refractivity contribution is 8.04. The van der Waals surface area contributed by atoms with E-state index >= 15 is 0 Å². The van der Waals surface area contributed by atoms with Gasteiger partial charge in [-0.25, -0.2) is 4.79 Å². The van der Waals surface area contributed by atoms with Gasteiger partial charge in [0.05, 0.1) is 36.2 Å². The number of thioether (sulfide) groups is 1. The van der Waals surface area contributed by atoms with Crippen LogP contribution in [-0.2, 0) is 23.9 Å². The van der Waals surface area contributed by atoms with E-state index in [0.717, 1.165) is 18.8 Å². The first-order chi connectivity index (χ1) is 14.0. The van der Waals surface area contributed by atoms with Crippen molar-refractivity contribution in [1.82, 2.24) is 4.90 Å². The quantitative estimate of drug-likeness (QED) is 0.556. The Balaban J connectivity index is 1.61. The van der Waals surface area contributed by atoms with Gasteiger partial charge in [0.25, 0.3) is 0 Å². The van der Waals surface area contributed by atoms with E-state index in [1.165, 1.54) is 22.7 Å². The van der Waals surface area contributed by atoms with Crippen LogP contribution in [0.1, 0.15) is 13.8 Å². The number of benzene rings is 1. The van der Waals surface area contributed by atoms with Crippen molar-refractivity contribution in [1.29, 1.82) is 0 Å². The molecule has 0 radical (unpaired) electrons. The van der Waals surface area contributed by atoms with Crippen LogP contribution in [0.25, 0.3) is 0 Å². The molecule has 3 rings (SSSR count). The third-order valence-electron chi connectivity index (χ3n) is 4.53. The SMILES string of the molecule is CCOC(=O)C=C1S[C@@H](C)C(=O)N1CC(=O)Nc1ccc(N2CCOCC2)cc1. The average Bonchev–Trinajstić information content (AvgIpc) is 2.96. The highest BCUT2D eigenvalue weighted by Crippen LogP contribution is 2.34. The van der Waals surface area contributed by atoms with Crippen molar-refractivity contribution in [2.24, 2.45) is 0 Å². The minimum absolute atomic E-state index is 0.160. The van der Waals surface area contributed by atoms with Crippen molar-refractivity contribution in [3.63, 3.8) is 0 Å². The predicted molar refractivity (Wildman–Crippen MR) is 112 cm³/mol. The molecule has 2 heterocycles. The van der Waals surface area contributed by atoms with Crippen molar-refractivity contribution in [3.8, 4) is 0 Å². The molecular weight excluding hydrogens is 394 g/mol. The number of carbonyl (C=O) groups excluding carboxylic acids is 3. The van der Waals surface area contributed by atoms with Crippen LogP contribution in [-0.4, -0.2) is 67.4 Å². The molecule has 0 saturated carbocycles. The molecule has 2 aliphatic heterocycles. The molecule has 9 heteroatoms. The topological polar surface area (TPSA) is 88.2 Å². The molecule has 1 aromatic carbocycles. The Morgan fingerprint density at radius 3 is 2.62 bits per heavy atom. The maximum atomic E-state index is 12.5. The monoisotopic (exact) mass is 419 g/mol. The Hall–Kier alpha value is -2.52. The van der Waals surface area contributed by atoms with Crippen molar-refractivity contribution in [2.75, 3.05) is 49.7 Å². The smallest absolute Gasteiger partial charge is 0.333 e. The average molecular weight is 420 g/mol. The second-order valence-electron chi connectivity index (χ2n) is 6.61. The van der Waals surface area contributed by atoms with E-state index in [2.05, 4.69) is 10.2 Å². The fourth-order valence-corrected chi connectivity index (χ4v) is 4.13. The zero-order chi connectivity index (χ0) is 20.8. The van der Waals surface area contributed by atoms with E-state index in [9.17, 15) is 14.4 Å². The fraction of sp³-hybridized carbons (Fsp3) is 0.450. The number of nitrogens with zero attached hydrogens (tertiary/aromatic N) is 2. The van der Waals surface area contributed by atoms with E-state index < -0.39 is 5.97 Å². The van der Waals surface area contributed by atoms with Crippen molar-refractivity contribution in [3.05, 3.63) is 35.4 Å². The molecule has 2 fully saturated rings. The van der Waals surface area contributed by atoms with Gasteiger partial charge in [-0.05, 0) is 38.1 Å². The highest BCUT2D eigenvalue weighted by atomic mass is 32.2. The fourth-order valence-electron chi connectivity index (χ4n) is 3.10. The number of nitrogens with one attached hydrogen (secondary N) is 1. The van der Waals surface area contributed by atoms with Gasteiger partial charge in [-0.3, -0.25) is 14.5 Å². The maximum absolute atomic E-state index is 12.5. The molecule has 0 unspecified atom stereocenters. The molecule has 2 amide bonds. The maximum Gasteiger partial charge on any atom is 0.333 e. The molecule has 8 nitrogen and oxygen atoms in total. The van der Waals surface area contributed by atoms with Crippen molar-refractivity contribution >= 4 is 40.9 Å². The van der Waals surface area contributed by atoms with Gasteiger partial charge in [0.15, 0.2) is 0 Å². The van der Waals surface area contributed by atoms with E-state index in [-0.39, 0.29) is 30.2 Å². The van der Waals surface area contributed by atoms with Gasteiger partial charge in [0.2, 0.25) is 11.8 Å². The summed E-state index contributed by atoms with van der Waals surface area (Å²) in [5, 5.41) is 2.88. The van der Waals surface area contributed by atoms with Crippen molar-refractivity contribution < 1.29 is 23.9 Å². The molecule has 1 aromatic rings. The highest BCUT2D eigenvalue weighted by Gasteiger charge is 2.35. The summed E-state index contributed by atoms with van der Waals surface area (Å²) in [6.07, 6.45) is 1.26. The first kappa shape index (κ1) is 21.2. The van der Waals surface area contributed by atoms with Crippen LogP contribution in [0.5, 0.6) is 0 Å². The number of morpholine rings is 1. The number of hydrogen-bond donors (Lipinski definition) is 1. The van der Waals surface area contributed by atoms with Gasteiger partial charge in [-0.15, -0.1) is 0 Å². The zero-order valence-electron chi connectivity index (χ0n) is 16.6. The molecule has 0 aliphatic carbocycles. The molecule has 2 aliphatic rings. The summed E-state index contributed by atoms with van der Waals surface area (Å²) in [7, 11) is 0. The first-order valence-electron chi connectivity index (χ1n) is 9.57. The predicted octanol–water partition coefficient (Wildman–Crippen LogP) is 1.83. The van der Waals surface area contributed by atoms with E-state index in [4.69, 9.17) is 9.47 Å². The Morgan fingerprint density at radius 1 is 1.28 bits per heavy atom. The molecular formula is C20H25N3O5S. The Kier molecular flexibility index (Phi) is 7.16. The van der Waals surface area contributed by atoms with Gasteiger partial charge >= 0.3 is 5.97 Å². The van der Waals surface area contributed by atoms with Gasteiger partial charge in [0.1, 0.15) is 6.54 Å². The largest absolute Gasteiger partial charge is 0.463 e. The number of ether oxygens (including phenoxy) is 2. The summed E-state index contributed by atoms with van der Waals surface area (Å²) in [4.78, 5) is 40.1. The molecule has 29 heavy (non-hydrogen) atoms. The third-order valence-corrected chi connectivity index (χ3v) is 5.67. The number of hydrogen-bond acceptors (Lipinski definition) is 7. The molecule has 0 spiro atoms. The van der Waals surface area contributed by atoms with Crippen LogP contribution in [0.3, 0.4) is 0 Å². The normalized spacial score (nSPS) is 20.8. The summed E-state index contributed by atoms with van der Waals surface area (Å²) in [5.74, 6) is -1.06. The van der Waals surface area contributed by atoms with Crippen LogP contribution in [0, 0.1) is 0 Å². The Labute approximate surface area is 174 Å². The summed E-state index contributed by atoms with van der Waals surface area (Å²) < 4.78 is 10.3. The number of rotatable bonds is 6. The zero-order valence-corrected chi connectivity index (χ0v) is 17.4. The number of amides is 2. The lowest BCUT2D eigenvalue weighted by Gasteiger charge is -2.28. The van der Waals surface area contributed by atoms with Crippen LogP contribution >= 0.6 is 11.8 Å². The molecule has 2 saturated heterocycles. The number of anilines is 2. The summed E-state index contributed by atoms with van der Waals surface area (Å²) >= 11 is 1.24. The number of esters is 1. The van der Waals surface area contributed by atoms with Gasteiger partial charge in [-0.2, -0.15) is 0 Å². The van der Waals surface area contributed by atoms with E-state index in [0.29, 0.717) is 23.9 Å². The molecule has 0 bridgehead atoms. The summed E-state index contributed by atoms with van der Waals surface area (Å²) in [6.45, 7) is 6.64. The lowest BCUT2D eigenvalue weighted by Crippen LogP contribution is -2.36. The standard InChI is InChI=1S/C20H25N3O5S/c1-3-28-19(25)12-18-23(20(26)14(2)29-18)13-17(24)21-15-4-6-16(7-5-15)22-8-10-27-11-9-22/h4-7,12,14H,3,8-11,13H2,1-2H3,(H,21,24)/t14-/m0/s1. The Bertz CT molecular complexity index is 790. The van der Waals surface area contributed by atoms with Crippen LogP contribution in [0.15, 0.2) is 35.4 Å². The van der Waals surface area contributed by atoms with Crippen molar-refractivity contribution in [2.45, 2.75) is 19.1 Å². The molecule has 1 atom stereocenters. The van der Waals surface area contributed by atoms with Gasteiger partial charge < -0.3 is 19.7 Å². The minimum atomic E-state index is -0.527. The lowest BCUT2D eigenvalue weighted by atomic mass is 10.2. The minimum Gasteiger partial charge on any atom is -0.463 e. The summed E-state index contributed by atoms with van der Waals surface area (Å²) in [5.41, 5.74) is 1.72. The van der Waals surface area contributed by atoms with Gasteiger partial charge in [0, 0.05) is 24.5 Å². The van der Waals surface area contributed by atoms with E-state index in [1.807, 2.05) is 24.3 Å². The van der Waals surface area contributed by atoms with Crippen LogP contribution in [0.4, 0.5) is 11.4 Å². The Morgan fingerprint density at radius 2 is 1.97 bits per heavy atom. The molecule has 0 aromatic heterocycles.